The minimum atomic E-state index is -1.15. The Hall–Kier alpha value is -1.32. The smallest absolute Gasteiger partial charge is 0.352 e. The maximum Gasteiger partial charge on any atom is 0.352 e. The van der Waals surface area contributed by atoms with Crippen molar-refractivity contribution >= 4 is 5.97 Å². The number of halogens is 1. The quantitative estimate of drug-likeness (QED) is 0.590. The van der Waals surface area contributed by atoms with Crippen LogP contribution in [0.25, 0.3) is 0 Å². The second-order valence-corrected chi connectivity index (χ2v) is 1.54. The first-order chi connectivity index (χ1) is 4.20. The maximum absolute atomic E-state index is 12.0. The molecule has 1 aromatic rings. The summed E-state index contributed by atoms with van der Waals surface area (Å²) in [5, 5.41) is 8.20. The fraction of sp³-hybridized carbons (Fsp3) is 0. The monoisotopic (exact) mass is 129 g/mol. The van der Waals surface area contributed by atoms with Gasteiger partial charge in [-0.1, -0.05) is 0 Å². The summed E-state index contributed by atoms with van der Waals surface area (Å²) in [6, 6.07) is 0.919. The molecule has 48 valence electrons. The second-order valence-electron chi connectivity index (χ2n) is 1.54. The van der Waals surface area contributed by atoms with E-state index in [-0.39, 0.29) is 5.69 Å². The molecule has 0 amide bonds. The Labute approximate surface area is 50.1 Å². The van der Waals surface area contributed by atoms with E-state index in [2.05, 4.69) is 4.98 Å². The predicted octanol–water partition coefficient (Wildman–Crippen LogP) is 0.852. The van der Waals surface area contributed by atoms with Gasteiger partial charge >= 0.3 is 5.97 Å². The molecule has 1 rings (SSSR count). The number of carboxylic acid groups (broad SMARTS) is 1. The summed E-state index contributed by atoms with van der Waals surface area (Å²) in [5.74, 6) is -1.72. The number of aromatic carboxylic acids is 1. The van der Waals surface area contributed by atoms with Gasteiger partial charge in [-0.05, 0) is 0 Å². The second kappa shape index (κ2) is 1.89. The minimum Gasteiger partial charge on any atom is -0.477 e. The molecule has 0 fully saturated rings. The largest absolute Gasteiger partial charge is 0.477 e. The number of nitrogens with one attached hydrogen (secondary N) is 1. The van der Waals surface area contributed by atoms with Crippen LogP contribution in [0, 0.1) is 5.82 Å². The molecule has 0 spiro atoms. The Kier molecular flexibility index (Phi) is 1.22. The molecule has 0 saturated heterocycles. The van der Waals surface area contributed by atoms with Gasteiger partial charge in [0.15, 0.2) is 0 Å². The van der Waals surface area contributed by atoms with Crippen LogP contribution in [0.2, 0.25) is 0 Å². The van der Waals surface area contributed by atoms with Gasteiger partial charge in [0.25, 0.3) is 0 Å². The van der Waals surface area contributed by atoms with Crippen LogP contribution in [-0.2, 0) is 0 Å². The van der Waals surface area contributed by atoms with E-state index in [1.165, 1.54) is 0 Å². The molecule has 1 aromatic heterocycles. The van der Waals surface area contributed by atoms with Crippen LogP contribution in [0.5, 0.6) is 0 Å². The summed E-state index contributed by atoms with van der Waals surface area (Å²) < 4.78 is 12.0. The van der Waals surface area contributed by atoms with Gasteiger partial charge in [0.05, 0.1) is 0 Å². The fourth-order valence-corrected chi connectivity index (χ4v) is 0.491. The van der Waals surface area contributed by atoms with E-state index in [9.17, 15) is 9.18 Å². The molecule has 0 aliphatic carbocycles. The maximum atomic E-state index is 12.0. The first kappa shape index (κ1) is 5.81. The van der Waals surface area contributed by atoms with Crippen molar-refractivity contribution in [3.63, 3.8) is 0 Å². The number of H-pyrrole nitrogens is 1. The summed E-state index contributed by atoms with van der Waals surface area (Å²) in [5.41, 5.74) is -0.132. The van der Waals surface area contributed by atoms with Gasteiger partial charge in [-0.25, -0.2) is 9.18 Å². The molecule has 0 aliphatic rings. The zero-order valence-electron chi connectivity index (χ0n) is 4.39. The summed E-state index contributed by atoms with van der Waals surface area (Å²) >= 11 is 0. The third-order valence-corrected chi connectivity index (χ3v) is 0.878. The Bertz CT molecular complexity index is 231. The van der Waals surface area contributed by atoms with Crippen molar-refractivity contribution in [2.45, 2.75) is 0 Å². The third kappa shape index (κ3) is 1.07. The van der Waals surface area contributed by atoms with Gasteiger partial charge < -0.3 is 10.1 Å². The summed E-state index contributed by atoms with van der Waals surface area (Å²) in [7, 11) is 0. The van der Waals surface area contributed by atoms with Crippen molar-refractivity contribution in [2.24, 2.45) is 0 Å². The molecule has 0 radical (unpaired) electrons. The van der Waals surface area contributed by atoms with Crippen LogP contribution in [0.1, 0.15) is 10.5 Å². The molecule has 1 heterocycles. The van der Waals surface area contributed by atoms with Crippen LogP contribution >= 0.6 is 0 Å². The van der Waals surface area contributed by atoms with E-state index in [4.69, 9.17) is 5.11 Å². The predicted molar refractivity (Wildman–Crippen MR) is 27.7 cm³/mol. The fourth-order valence-electron chi connectivity index (χ4n) is 0.491. The van der Waals surface area contributed by atoms with Crippen LogP contribution in [0.15, 0.2) is 12.3 Å². The van der Waals surface area contributed by atoms with Crippen LogP contribution in [0.3, 0.4) is 0 Å². The highest BCUT2D eigenvalue weighted by molar-refractivity contribution is 5.85. The zero-order chi connectivity index (χ0) is 6.85. The average Bonchev–Trinajstić information content (AvgIpc) is 2.14. The molecule has 0 unspecified atom stereocenters. The molecule has 0 saturated carbocycles. The van der Waals surface area contributed by atoms with Crippen molar-refractivity contribution in [2.75, 3.05) is 0 Å². The summed E-state index contributed by atoms with van der Waals surface area (Å²) in [4.78, 5) is 12.2. The lowest BCUT2D eigenvalue weighted by atomic mass is 10.4. The molecule has 0 bridgehead atoms. The molecular formula is C5H4FNO2. The van der Waals surface area contributed by atoms with Gasteiger partial charge in [0.1, 0.15) is 11.5 Å². The van der Waals surface area contributed by atoms with Crippen molar-refractivity contribution in [1.29, 1.82) is 0 Å². The molecule has 0 atom stereocenters. The van der Waals surface area contributed by atoms with Crippen molar-refractivity contribution in [1.82, 2.24) is 4.98 Å². The van der Waals surface area contributed by atoms with E-state index < -0.39 is 11.8 Å². The lowest BCUT2D eigenvalue weighted by Crippen LogP contribution is -1.94. The molecule has 0 aromatic carbocycles. The summed E-state index contributed by atoms with van der Waals surface area (Å²) in [6.07, 6.45) is 0.990. The van der Waals surface area contributed by atoms with E-state index in [0.717, 1.165) is 12.3 Å². The third-order valence-electron chi connectivity index (χ3n) is 0.878. The van der Waals surface area contributed by atoms with Crippen LogP contribution in [-0.4, -0.2) is 16.1 Å². The van der Waals surface area contributed by atoms with Crippen LogP contribution in [0.4, 0.5) is 4.39 Å². The molecular weight excluding hydrogens is 125 g/mol. The lowest BCUT2D eigenvalue weighted by Gasteiger charge is -1.80. The van der Waals surface area contributed by atoms with Crippen molar-refractivity contribution in [3.8, 4) is 0 Å². The van der Waals surface area contributed by atoms with Crippen LogP contribution < -0.4 is 0 Å². The normalized spacial score (nSPS) is 9.44. The van der Waals surface area contributed by atoms with Gasteiger partial charge in [0.2, 0.25) is 0 Å². The standard InChI is InChI=1S/C5H4FNO2/c6-3-1-4(5(8)9)7-2-3/h1-2,7H,(H,8,9). The lowest BCUT2D eigenvalue weighted by molar-refractivity contribution is 0.0691. The zero-order valence-corrected chi connectivity index (χ0v) is 4.39. The number of aromatic nitrogens is 1. The molecule has 9 heavy (non-hydrogen) atoms. The Morgan fingerprint density at radius 2 is 2.44 bits per heavy atom. The highest BCUT2D eigenvalue weighted by atomic mass is 19.1. The highest BCUT2D eigenvalue weighted by Gasteiger charge is 2.03. The van der Waals surface area contributed by atoms with E-state index in [0.29, 0.717) is 0 Å². The van der Waals surface area contributed by atoms with Gasteiger partial charge in [-0.15, -0.1) is 0 Å². The first-order valence-electron chi connectivity index (χ1n) is 2.27. The summed E-state index contributed by atoms with van der Waals surface area (Å²) in [6.45, 7) is 0. The van der Waals surface area contributed by atoms with E-state index in [1.807, 2.05) is 0 Å². The topological polar surface area (TPSA) is 53.1 Å². The molecule has 3 nitrogen and oxygen atoms in total. The Balaban J connectivity index is 2.98. The van der Waals surface area contributed by atoms with Crippen molar-refractivity contribution in [3.05, 3.63) is 23.8 Å². The van der Waals surface area contributed by atoms with Gasteiger partial charge in [-0.2, -0.15) is 0 Å². The highest BCUT2D eigenvalue weighted by Crippen LogP contribution is 1.99. The number of aromatic amines is 1. The number of hydrogen-bond donors (Lipinski definition) is 2. The Morgan fingerprint density at radius 3 is 2.67 bits per heavy atom. The SMILES string of the molecule is O=C(O)c1cc(F)c[nH]1. The minimum absolute atomic E-state index is 0.132. The number of carbonyl (C=O) groups is 1. The van der Waals surface area contributed by atoms with Gasteiger partial charge in [0, 0.05) is 12.3 Å². The molecule has 4 heteroatoms. The number of rotatable bonds is 1. The number of carboxylic acids is 1. The molecule has 2 N–H and O–H groups in total. The van der Waals surface area contributed by atoms with E-state index in [1.54, 1.807) is 0 Å². The Morgan fingerprint density at radius 1 is 1.78 bits per heavy atom. The first-order valence-corrected chi connectivity index (χ1v) is 2.27. The number of hydrogen-bond acceptors (Lipinski definition) is 1. The van der Waals surface area contributed by atoms with Crippen molar-refractivity contribution < 1.29 is 14.3 Å². The van der Waals surface area contributed by atoms with Gasteiger partial charge in [-0.3, -0.25) is 0 Å². The van der Waals surface area contributed by atoms with E-state index >= 15 is 0 Å². The average molecular weight is 129 g/mol. The molecule has 0 aliphatic heterocycles.